The summed E-state index contributed by atoms with van der Waals surface area (Å²) in [5.74, 6) is -1.77. The lowest BCUT2D eigenvalue weighted by Gasteiger charge is -2.07. The molecule has 0 aliphatic rings. The van der Waals surface area contributed by atoms with Crippen LogP contribution in [0.2, 0.25) is 0 Å². The summed E-state index contributed by atoms with van der Waals surface area (Å²) in [6, 6.07) is 0. The molecular weight excluding hydrogens is 298 g/mol. The number of methoxy groups -OCH3 is 2. The molecule has 0 atom stereocenters. The van der Waals surface area contributed by atoms with Gasteiger partial charge in [-0.2, -0.15) is 0 Å². The number of rotatable bonds is 6. The smallest absolute Gasteiger partial charge is 0.348 e. The van der Waals surface area contributed by atoms with Crippen molar-refractivity contribution in [1.29, 1.82) is 0 Å². The van der Waals surface area contributed by atoms with Gasteiger partial charge in [0.15, 0.2) is 0 Å². The van der Waals surface area contributed by atoms with Crippen LogP contribution >= 0.6 is 11.3 Å². The molecule has 0 aliphatic heterocycles. The number of nitrogen functional groups attached to an aromatic ring is 1. The molecule has 8 heteroatoms. The largest absolute Gasteiger partial charge is 0.465 e. The Kier molecular flexibility index (Phi) is 6.16. The number of hydrogen-bond acceptors (Lipinski definition) is 8. The van der Waals surface area contributed by atoms with Gasteiger partial charge in [-0.05, 0) is 6.42 Å². The van der Waals surface area contributed by atoms with Gasteiger partial charge >= 0.3 is 17.9 Å². The van der Waals surface area contributed by atoms with Crippen molar-refractivity contribution in [3.63, 3.8) is 0 Å². The van der Waals surface area contributed by atoms with Crippen LogP contribution < -0.4 is 5.73 Å². The van der Waals surface area contributed by atoms with E-state index in [4.69, 9.17) is 10.5 Å². The lowest BCUT2D eigenvalue weighted by atomic mass is 10.1. The average molecular weight is 315 g/mol. The summed E-state index contributed by atoms with van der Waals surface area (Å²) < 4.78 is 14.3. The zero-order valence-corrected chi connectivity index (χ0v) is 12.9. The van der Waals surface area contributed by atoms with Gasteiger partial charge in [-0.3, -0.25) is 4.79 Å². The maximum atomic E-state index is 11.8. The fourth-order valence-corrected chi connectivity index (χ4v) is 2.61. The van der Waals surface area contributed by atoms with Crippen LogP contribution in [0, 0.1) is 0 Å². The van der Waals surface area contributed by atoms with Gasteiger partial charge in [-0.15, -0.1) is 11.3 Å². The van der Waals surface area contributed by atoms with Gasteiger partial charge in [-0.25, -0.2) is 9.59 Å². The second-order valence-electron chi connectivity index (χ2n) is 4.04. The Balaban J connectivity index is 3.14. The number of hydrogen-bond donors (Lipinski definition) is 1. The fraction of sp³-hybridized carbons (Fsp3) is 0.462. The normalized spacial score (nSPS) is 10.0. The minimum atomic E-state index is -0.694. The molecule has 1 rings (SSSR count). The first-order chi connectivity index (χ1) is 9.96. The van der Waals surface area contributed by atoms with E-state index in [1.807, 2.05) is 6.92 Å². The summed E-state index contributed by atoms with van der Waals surface area (Å²) in [4.78, 5) is 35.0. The molecule has 1 aromatic heterocycles. The third-order valence-electron chi connectivity index (χ3n) is 2.63. The van der Waals surface area contributed by atoms with Gasteiger partial charge in [0.05, 0.1) is 14.2 Å². The number of esters is 3. The van der Waals surface area contributed by atoms with Crippen molar-refractivity contribution in [3.8, 4) is 0 Å². The van der Waals surface area contributed by atoms with Crippen LogP contribution in [-0.2, 0) is 25.6 Å². The Labute approximate surface area is 126 Å². The van der Waals surface area contributed by atoms with Crippen molar-refractivity contribution >= 4 is 34.2 Å². The van der Waals surface area contributed by atoms with Crippen LogP contribution in [0.5, 0.6) is 0 Å². The minimum absolute atomic E-state index is 0.0344. The van der Waals surface area contributed by atoms with Crippen LogP contribution in [0.1, 0.15) is 45.4 Å². The quantitative estimate of drug-likeness (QED) is 0.629. The topological polar surface area (TPSA) is 105 Å². The monoisotopic (exact) mass is 315 g/mol. The molecule has 0 fully saturated rings. The van der Waals surface area contributed by atoms with E-state index >= 15 is 0 Å². The highest BCUT2D eigenvalue weighted by Gasteiger charge is 2.27. The summed E-state index contributed by atoms with van der Waals surface area (Å²) in [5.41, 5.74) is 5.99. The summed E-state index contributed by atoms with van der Waals surface area (Å²) in [6.45, 7) is 1.60. The third-order valence-corrected chi connectivity index (χ3v) is 3.67. The van der Waals surface area contributed by atoms with Crippen molar-refractivity contribution in [2.75, 3.05) is 20.0 Å². The molecule has 21 heavy (non-hydrogen) atoms. The summed E-state index contributed by atoms with van der Waals surface area (Å²) in [6.07, 6.45) is 0.888. The third kappa shape index (κ3) is 3.94. The predicted molar refractivity (Wildman–Crippen MR) is 76.1 cm³/mol. The first-order valence-corrected chi connectivity index (χ1v) is 7.01. The molecule has 0 amide bonds. The van der Waals surface area contributed by atoms with Crippen molar-refractivity contribution in [1.82, 2.24) is 0 Å². The molecule has 0 saturated heterocycles. The van der Waals surface area contributed by atoms with E-state index in [1.165, 1.54) is 14.2 Å². The molecule has 2 N–H and O–H groups in total. The molecule has 0 aliphatic carbocycles. The van der Waals surface area contributed by atoms with Crippen molar-refractivity contribution in [2.24, 2.45) is 0 Å². The number of thiophene rings is 1. The van der Waals surface area contributed by atoms with E-state index in [0.717, 1.165) is 11.3 Å². The molecule has 1 heterocycles. The van der Waals surface area contributed by atoms with E-state index in [1.54, 1.807) is 0 Å². The molecule has 0 unspecified atom stereocenters. The van der Waals surface area contributed by atoms with Gasteiger partial charge in [-0.1, -0.05) is 6.92 Å². The zero-order chi connectivity index (χ0) is 16.0. The Hall–Kier alpha value is -2.09. The van der Waals surface area contributed by atoms with Crippen LogP contribution in [0.3, 0.4) is 0 Å². The molecule has 0 saturated carbocycles. The predicted octanol–water partition coefficient (Wildman–Crippen LogP) is 1.75. The lowest BCUT2D eigenvalue weighted by Crippen LogP contribution is -2.12. The Morgan fingerprint density at radius 3 is 2.29 bits per heavy atom. The van der Waals surface area contributed by atoms with Crippen molar-refractivity contribution in [2.45, 2.75) is 26.4 Å². The number of nitrogens with two attached hydrogens (primary N) is 1. The highest BCUT2D eigenvalue weighted by Crippen LogP contribution is 2.33. The number of carbonyl (C=O) groups excluding carboxylic acids is 3. The fourth-order valence-electron chi connectivity index (χ4n) is 1.63. The summed E-state index contributed by atoms with van der Waals surface area (Å²) >= 11 is 0.893. The molecule has 7 nitrogen and oxygen atoms in total. The van der Waals surface area contributed by atoms with Gasteiger partial charge in [0.25, 0.3) is 0 Å². The second-order valence-corrected chi connectivity index (χ2v) is 5.10. The van der Waals surface area contributed by atoms with Gasteiger partial charge in [0.2, 0.25) is 0 Å². The Morgan fingerprint density at radius 2 is 1.76 bits per heavy atom. The van der Waals surface area contributed by atoms with E-state index in [-0.39, 0.29) is 34.0 Å². The molecule has 1 aromatic rings. The Bertz CT molecular complexity index is 551. The second kappa shape index (κ2) is 7.63. The summed E-state index contributed by atoms with van der Waals surface area (Å²) in [7, 11) is 2.41. The minimum Gasteiger partial charge on any atom is -0.465 e. The molecule has 0 radical (unpaired) electrons. The summed E-state index contributed by atoms with van der Waals surface area (Å²) in [5, 5.41) is 0.115. The Morgan fingerprint density at radius 1 is 1.14 bits per heavy atom. The molecule has 116 valence electrons. The van der Waals surface area contributed by atoms with Crippen LogP contribution in [0.25, 0.3) is 0 Å². The zero-order valence-electron chi connectivity index (χ0n) is 12.1. The van der Waals surface area contributed by atoms with Gasteiger partial charge in [0, 0.05) is 12.0 Å². The van der Waals surface area contributed by atoms with Gasteiger partial charge in [0.1, 0.15) is 22.0 Å². The molecule has 0 spiro atoms. The maximum absolute atomic E-state index is 11.8. The number of carbonyl (C=O) groups is 3. The van der Waals surface area contributed by atoms with E-state index < -0.39 is 17.9 Å². The first-order valence-electron chi connectivity index (χ1n) is 6.19. The van der Waals surface area contributed by atoms with E-state index in [9.17, 15) is 14.4 Å². The highest BCUT2D eigenvalue weighted by atomic mass is 32.1. The molecular formula is C13H17NO6S. The van der Waals surface area contributed by atoms with Crippen LogP contribution in [0.4, 0.5) is 5.00 Å². The molecule has 0 aromatic carbocycles. The first kappa shape index (κ1) is 17.0. The SMILES string of the molecule is CCCC(=O)OCc1c(C(=O)OC)sc(N)c1C(=O)OC. The number of ether oxygens (including phenoxy) is 3. The van der Waals surface area contributed by atoms with E-state index in [2.05, 4.69) is 9.47 Å². The van der Waals surface area contributed by atoms with Crippen molar-refractivity contribution in [3.05, 3.63) is 16.0 Å². The van der Waals surface area contributed by atoms with Gasteiger partial charge < -0.3 is 19.9 Å². The maximum Gasteiger partial charge on any atom is 0.348 e. The average Bonchev–Trinajstić information content (AvgIpc) is 2.80. The highest BCUT2D eigenvalue weighted by molar-refractivity contribution is 7.18. The van der Waals surface area contributed by atoms with E-state index in [0.29, 0.717) is 6.42 Å². The van der Waals surface area contributed by atoms with Crippen LogP contribution in [0.15, 0.2) is 0 Å². The number of anilines is 1. The lowest BCUT2D eigenvalue weighted by molar-refractivity contribution is -0.145. The van der Waals surface area contributed by atoms with Crippen molar-refractivity contribution < 1.29 is 28.6 Å². The van der Waals surface area contributed by atoms with Crippen LogP contribution in [-0.4, -0.2) is 32.1 Å². The standard InChI is InChI=1S/C13H17NO6S/c1-4-5-8(15)20-6-7-9(12(16)18-2)11(14)21-10(7)13(17)19-3/h4-6,14H2,1-3H3. The molecule has 0 bridgehead atoms.